The molecule has 0 N–H and O–H groups in total. The van der Waals surface area contributed by atoms with Crippen LogP contribution in [-0.2, 0) is 16.3 Å². The van der Waals surface area contributed by atoms with Crippen molar-refractivity contribution in [3.8, 4) is 11.5 Å². The van der Waals surface area contributed by atoms with Gasteiger partial charge in [0.2, 0.25) is 0 Å². The van der Waals surface area contributed by atoms with Crippen LogP contribution in [0, 0.1) is 18.0 Å². The van der Waals surface area contributed by atoms with Crippen LogP contribution < -0.4 is 0 Å². The number of allylic oxidation sites excluding steroid dienone is 1. The second kappa shape index (κ2) is 7.72. The van der Waals surface area contributed by atoms with Crippen molar-refractivity contribution >= 4 is 21.7 Å². The van der Waals surface area contributed by atoms with Gasteiger partial charge in [-0.3, -0.25) is 6.58 Å². The molecule has 0 fully saturated rings. The first-order valence-electron chi connectivity index (χ1n) is 2.89. The van der Waals surface area contributed by atoms with E-state index in [2.05, 4.69) is 44.7 Å². The molecule has 0 saturated heterocycles. The summed E-state index contributed by atoms with van der Waals surface area (Å²) >= 11 is 4.25. The summed E-state index contributed by atoms with van der Waals surface area (Å²) in [6.45, 7) is 11.6. The summed E-state index contributed by atoms with van der Waals surface area (Å²) in [7, 11) is -1.15. The Morgan fingerprint density at radius 1 is 1.40 bits per heavy atom. The van der Waals surface area contributed by atoms with Gasteiger partial charge in [-0.05, 0) is 0 Å². The minimum absolute atomic E-state index is 1.15. The number of hydrogen-bond donors (Lipinski definition) is 0. The Bertz CT molecular complexity index is 138. The zero-order valence-electron chi connectivity index (χ0n) is 6.74. The molecule has 0 heterocycles. The Morgan fingerprint density at radius 2 is 1.80 bits per heavy atom. The van der Waals surface area contributed by atoms with Gasteiger partial charge >= 0.3 is 30.0 Å². The second-order valence-corrected chi connectivity index (χ2v) is 7.44. The van der Waals surface area contributed by atoms with E-state index < -0.39 is 8.07 Å². The zero-order valence-corrected chi connectivity index (χ0v) is 12.3. The summed E-state index contributed by atoms with van der Waals surface area (Å²) < 4.78 is 0. The predicted octanol–water partition coefficient (Wildman–Crippen LogP) is 2.70. The molecule has 0 amide bonds. The van der Waals surface area contributed by atoms with Gasteiger partial charge in [-0.1, -0.05) is 19.6 Å². The third-order valence-corrected chi connectivity index (χ3v) is 1.42. The van der Waals surface area contributed by atoms with E-state index in [9.17, 15) is 0 Å². The SMILES string of the molecule is [CH-]=CC#C[Si](C)(C)C.[Zn+][Br]. The van der Waals surface area contributed by atoms with Gasteiger partial charge in [0, 0.05) is 0 Å². The third kappa shape index (κ3) is 15.8. The van der Waals surface area contributed by atoms with Crippen LogP contribution >= 0.6 is 13.6 Å². The van der Waals surface area contributed by atoms with E-state index >= 15 is 0 Å². The van der Waals surface area contributed by atoms with Gasteiger partial charge in [-0.25, -0.2) is 11.6 Å². The van der Waals surface area contributed by atoms with Crippen molar-refractivity contribution in [2.24, 2.45) is 0 Å². The monoisotopic (exact) mass is 266 g/mol. The van der Waals surface area contributed by atoms with Crippen molar-refractivity contribution in [1.82, 2.24) is 0 Å². The topological polar surface area (TPSA) is 0 Å². The molecule has 0 aromatic rings. The standard InChI is InChI=1S/C7H11Si.BrH.Zn/c1-5-6-7-8(2,3)4;;/h1,5H,2-4H3;1H;/q-1;;+2/p-1. The van der Waals surface area contributed by atoms with E-state index in [0.717, 1.165) is 0 Å². The molecule has 0 aromatic carbocycles. The molecule has 0 aliphatic carbocycles. The minimum atomic E-state index is -1.15. The maximum absolute atomic E-state index is 5.06. The molecule has 0 aromatic heterocycles. The van der Waals surface area contributed by atoms with Crippen LogP contribution in [0.1, 0.15) is 0 Å². The molecule has 10 heavy (non-hydrogen) atoms. The maximum atomic E-state index is 5.06. The Morgan fingerprint density at radius 3 is 1.90 bits per heavy atom. The van der Waals surface area contributed by atoms with Crippen molar-refractivity contribution in [2.45, 2.75) is 19.6 Å². The summed E-state index contributed by atoms with van der Waals surface area (Å²) in [6, 6.07) is 0. The molecule has 0 bridgehead atoms. The molecule has 0 aliphatic heterocycles. The van der Waals surface area contributed by atoms with Crippen LogP contribution in [0.25, 0.3) is 0 Å². The van der Waals surface area contributed by atoms with Gasteiger partial charge in [-0.15, -0.1) is 0 Å². The van der Waals surface area contributed by atoms with Gasteiger partial charge < -0.3 is 5.92 Å². The zero-order chi connectivity index (χ0) is 8.62. The van der Waals surface area contributed by atoms with Gasteiger partial charge in [-0.2, -0.15) is 0 Å². The van der Waals surface area contributed by atoms with Gasteiger partial charge in [0.05, 0.1) is 0 Å². The average Bonchev–Trinajstić information content (AvgIpc) is 1.87. The molecule has 0 spiro atoms. The van der Waals surface area contributed by atoms with Gasteiger partial charge in [0.25, 0.3) is 0 Å². The normalized spacial score (nSPS) is 8.20. The van der Waals surface area contributed by atoms with Crippen LogP contribution in [-0.4, -0.2) is 8.07 Å². The summed E-state index contributed by atoms with van der Waals surface area (Å²) in [5.41, 5.74) is 3.08. The molecule has 0 saturated carbocycles. The van der Waals surface area contributed by atoms with E-state index in [1.165, 1.54) is 22.4 Å². The van der Waals surface area contributed by atoms with Crippen LogP contribution in [0.15, 0.2) is 6.08 Å². The Hall–Kier alpha value is 0.620. The molecule has 3 heteroatoms. The second-order valence-electron chi connectivity index (χ2n) is 2.69. The molecule has 0 radical (unpaired) electrons. The molecular weight excluding hydrogens is 257 g/mol. The van der Waals surface area contributed by atoms with Crippen molar-refractivity contribution in [2.75, 3.05) is 0 Å². The van der Waals surface area contributed by atoms with Crippen LogP contribution in [0.4, 0.5) is 0 Å². The Balaban J connectivity index is 0. The first-order chi connectivity index (χ1) is 4.56. The molecular formula is C7H11BrSiZn. The van der Waals surface area contributed by atoms with Crippen LogP contribution in [0.3, 0.4) is 0 Å². The molecule has 0 aliphatic rings. The Labute approximate surface area is 81.5 Å². The van der Waals surface area contributed by atoms with Crippen molar-refractivity contribution in [1.29, 1.82) is 0 Å². The van der Waals surface area contributed by atoms with E-state index in [1.807, 2.05) is 0 Å². The summed E-state index contributed by atoms with van der Waals surface area (Å²) in [5.74, 6) is 2.75. The van der Waals surface area contributed by atoms with Crippen molar-refractivity contribution in [3.05, 3.63) is 12.7 Å². The van der Waals surface area contributed by atoms with Gasteiger partial charge in [0.15, 0.2) is 0 Å². The van der Waals surface area contributed by atoms with E-state index in [0.29, 0.717) is 0 Å². The first-order valence-corrected chi connectivity index (χ1v) is 13.3. The molecule has 0 rings (SSSR count). The predicted molar refractivity (Wildman–Crippen MR) is 48.9 cm³/mol. The third-order valence-electron chi connectivity index (χ3n) is 0.531. The fourth-order valence-corrected chi connectivity index (χ4v) is 0.775. The average molecular weight is 269 g/mol. The van der Waals surface area contributed by atoms with Crippen LogP contribution in [0.5, 0.6) is 0 Å². The summed E-state index contributed by atoms with van der Waals surface area (Å²) in [6.07, 6.45) is 1.40. The quantitative estimate of drug-likeness (QED) is 0.360. The fourth-order valence-electron chi connectivity index (χ4n) is 0.258. The number of halogens is 1. The number of rotatable bonds is 0. The first kappa shape index (κ1) is 13.2. The van der Waals surface area contributed by atoms with Gasteiger partial charge in [0.1, 0.15) is 8.07 Å². The van der Waals surface area contributed by atoms with E-state index in [4.69, 9.17) is 6.58 Å². The molecule has 0 atom stereocenters. The fraction of sp³-hybridized carbons (Fsp3) is 0.429. The van der Waals surface area contributed by atoms with Crippen molar-refractivity contribution < 1.29 is 16.3 Å². The summed E-state index contributed by atoms with van der Waals surface area (Å²) in [5, 5.41) is 0. The summed E-state index contributed by atoms with van der Waals surface area (Å²) in [4.78, 5) is 0. The van der Waals surface area contributed by atoms with Crippen LogP contribution in [0.2, 0.25) is 19.6 Å². The molecule has 0 nitrogen and oxygen atoms in total. The van der Waals surface area contributed by atoms with E-state index in [-0.39, 0.29) is 0 Å². The van der Waals surface area contributed by atoms with Crippen molar-refractivity contribution in [3.63, 3.8) is 0 Å². The number of hydrogen-bond acceptors (Lipinski definition) is 0. The van der Waals surface area contributed by atoms with E-state index in [1.54, 1.807) is 0 Å². The Kier molecular flexibility index (Phi) is 10.2. The molecule has 52 valence electrons. The molecule has 0 unspecified atom stereocenters.